The fourth-order valence-corrected chi connectivity index (χ4v) is 3.92. The summed E-state index contributed by atoms with van der Waals surface area (Å²) in [5.74, 6) is 1.38. The number of nitrogens with zero attached hydrogens (tertiary/aromatic N) is 2. The molecule has 0 spiro atoms. The Kier molecular flexibility index (Phi) is 6.11. The molecule has 0 saturated carbocycles. The third-order valence-electron chi connectivity index (χ3n) is 4.58. The minimum Gasteiger partial charge on any atom is -0.494 e. The molecule has 0 fully saturated rings. The van der Waals surface area contributed by atoms with Crippen molar-refractivity contribution in [3.63, 3.8) is 0 Å². The molecule has 0 radical (unpaired) electrons. The van der Waals surface area contributed by atoms with Gasteiger partial charge in [-0.2, -0.15) is 5.10 Å². The Labute approximate surface area is 177 Å². The Morgan fingerprint density at radius 1 is 1.00 bits per heavy atom. The SMILES string of the molecule is CCOc1ccc(OC[C@@H](O)Cn2nc(-c3cccs3)c3ccccc3c2=O)cc1. The summed E-state index contributed by atoms with van der Waals surface area (Å²) in [5, 5.41) is 18.4. The van der Waals surface area contributed by atoms with E-state index in [1.54, 1.807) is 29.5 Å². The lowest BCUT2D eigenvalue weighted by molar-refractivity contribution is 0.0882. The molecule has 2 aromatic heterocycles. The maximum atomic E-state index is 12.9. The Bertz CT molecular complexity index is 1170. The van der Waals surface area contributed by atoms with Gasteiger partial charge in [0.15, 0.2) is 0 Å². The van der Waals surface area contributed by atoms with Gasteiger partial charge in [-0.25, -0.2) is 4.68 Å². The van der Waals surface area contributed by atoms with Crippen LogP contribution in [-0.4, -0.2) is 34.2 Å². The van der Waals surface area contributed by atoms with Crippen molar-refractivity contribution in [2.24, 2.45) is 0 Å². The van der Waals surface area contributed by atoms with Gasteiger partial charge in [0.25, 0.3) is 5.56 Å². The monoisotopic (exact) mass is 422 g/mol. The molecule has 0 bridgehead atoms. The highest BCUT2D eigenvalue weighted by atomic mass is 32.1. The first kappa shape index (κ1) is 20.1. The van der Waals surface area contributed by atoms with E-state index in [2.05, 4.69) is 5.10 Å². The number of fused-ring (bicyclic) bond motifs is 1. The molecule has 7 heteroatoms. The van der Waals surface area contributed by atoms with Crippen LogP contribution in [0, 0.1) is 0 Å². The number of aliphatic hydroxyl groups is 1. The topological polar surface area (TPSA) is 73.6 Å². The Hall–Kier alpha value is -3.16. The van der Waals surface area contributed by atoms with Crippen molar-refractivity contribution in [2.75, 3.05) is 13.2 Å². The van der Waals surface area contributed by atoms with Crippen LogP contribution in [0.5, 0.6) is 11.5 Å². The molecule has 6 nitrogen and oxygen atoms in total. The van der Waals surface area contributed by atoms with Crippen molar-refractivity contribution in [1.29, 1.82) is 0 Å². The third-order valence-corrected chi connectivity index (χ3v) is 5.46. The largest absolute Gasteiger partial charge is 0.494 e. The van der Waals surface area contributed by atoms with E-state index in [9.17, 15) is 9.90 Å². The van der Waals surface area contributed by atoms with Gasteiger partial charge in [0, 0.05) is 5.39 Å². The molecule has 0 aliphatic heterocycles. The van der Waals surface area contributed by atoms with E-state index in [-0.39, 0.29) is 18.7 Å². The van der Waals surface area contributed by atoms with Gasteiger partial charge in [-0.3, -0.25) is 4.79 Å². The maximum Gasteiger partial charge on any atom is 0.274 e. The molecule has 2 heterocycles. The summed E-state index contributed by atoms with van der Waals surface area (Å²) in [6.07, 6.45) is -0.890. The molecular formula is C23H22N2O4S. The molecular weight excluding hydrogens is 400 g/mol. The van der Waals surface area contributed by atoms with Gasteiger partial charge >= 0.3 is 0 Å². The van der Waals surface area contributed by atoms with Crippen LogP contribution < -0.4 is 15.0 Å². The summed E-state index contributed by atoms with van der Waals surface area (Å²) in [7, 11) is 0. The summed E-state index contributed by atoms with van der Waals surface area (Å²) in [4.78, 5) is 13.9. The second-order valence-corrected chi connectivity index (χ2v) is 7.68. The lowest BCUT2D eigenvalue weighted by Gasteiger charge is -2.15. The highest BCUT2D eigenvalue weighted by Crippen LogP contribution is 2.28. The van der Waals surface area contributed by atoms with E-state index in [0.29, 0.717) is 17.7 Å². The van der Waals surface area contributed by atoms with E-state index in [1.807, 2.05) is 54.8 Å². The van der Waals surface area contributed by atoms with E-state index in [4.69, 9.17) is 9.47 Å². The average Bonchev–Trinajstić information content (AvgIpc) is 3.30. The first-order chi connectivity index (χ1) is 14.7. The Morgan fingerprint density at radius 3 is 2.37 bits per heavy atom. The summed E-state index contributed by atoms with van der Waals surface area (Å²) in [6.45, 7) is 2.61. The Morgan fingerprint density at radius 2 is 1.70 bits per heavy atom. The third kappa shape index (κ3) is 4.37. The number of rotatable bonds is 8. The Balaban J connectivity index is 1.53. The minimum atomic E-state index is -0.890. The van der Waals surface area contributed by atoms with Crippen LogP contribution >= 0.6 is 11.3 Å². The van der Waals surface area contributed by atoms with E-state index in [1.165, 1.54) is 4.68 Å². The molecule has 4 rings (SSSR count). The van der Waals surface area contributed by atoms with Crippen molar-refractivity contribution in [1.82, 2.24) is 9.78 Å². The number of hydrogen-bond donors (Lipinski definition) is 1. The predicted octanol–water partition coefficient (Wildman–Crippen LogP) is 3.96. The van der Waals surface area contributed by atoms with Crippen molar-refractivity contribution >= 4 is 22.1 Å². The normalized spacial score (nSPS) is 12.1. The summed E-state index contributed by atoms with van der Waals surface area (Å²) >= 11 is 1.56. The molecule has 4 aromatic rings. The van der Waals surface area contributed by atoms with Gasteiger partial charge in [-0.15, -0.1) is 11.3 Å². The minimum absolute atomic E-state index is 0.0407. The van der Waals surface area contributed by atoms with Gasteiger partial charge in [-0.1, -0.05) is 24.3 Å². The quantitative estimate of drug-likeness (QED) is 0.465. The number of aliphatic hydroxyl groups excluding tert-OH is 1. The molecule has 1 N–H and O–H groups in total. The molecule has 2 aromatic carbocycles. The van der Waals surface area contributed by atoms with Gasteiger partial charge in [-0.05, 0) is 48.7 Å². The second kappa shape index (κ2) is 9.11. The number of ether oxygens (including phenoxy) is 2. The van der Waals surface area contributed by atoms with Crippen LogP contribution in [0.4, 0.5) is 0 Å². The van der Waals surface area contributed by atoms with Crippen molar-refractivity contribution in [2.45, 2.75) is 19.6 Å². The maximum absolute atomic E-state index is 12.9. The fraction of sp³-hybridized carbons (Fsp3) is 0.217. The van der Waals surface area contributed by atoms with Crippen LogP contribution in [0.2, 0.25) is 0 Å². The number of aromatic nitrogens is 2. The van der Waals surface area contributed by atoms with E-state index < -0.39 is 6.10 Å². The lowest BCUT2D eigenvalue weighted by atomic mass is 10.1. The van der Waals surface area contributed by atoms with Gasteiger partial charge in [0.2, 0.25) is 0 Å². The number of benzene rings is 2. The highest BCUT2D eigenvalue weighted by molar-refractivity contribution is 7.13. The number of hydrogen-bond acceptors (Lipinski definition) is 6. The van der Waals surface area contributed by atoms with Gasteiger partial charge < -0.3 is 14.6 Å². The molecule has 0 amide bonds. The molecule has 0 aliphatic carbocycles. The summed E-state index contributed by atoms with van der Waals surface area (Å²) < 4.78 is 12.4. The van der Waals surface area contributed by atoms with Gasteiger partial charge in [0.05, 0.1) is 23.4 Å². The summed E-state index contributed by atoms with van der Waals surface area (Å²) in [5.41, 5.74) is 0.505. The zero-order chi connectivity index (χ0) is 20.9. The lowest BCUT2D eigenvalue weighted by Crippen LogP contribution is -2.32. The first-order valence-corrected chi connectivity index (χ1v) is 10.6. The molecule has 1 atom stereocenters. The zero-order valence-electron chi connectivity index (χ0n) is 16.5. The zero-order valence-corrected chi connectivity index (χ0v) is 17.3. The smallest absolute Gasteiger partial charge is 0.274 e. The van der Waals surface area contributed by atoms with Gasteiger partial charge in [0.1, 0.15) is 29.9 Å². The second-order valence-electron chi connectivity index (χ2n) is 6.73. The molecule has 0 saturated heterocycles. The van der Waals surface area contributed by atoms with Crippen molar-refractivity contribution in [3.8, 4) is 22.1 Å². The average molecular weight is 423 g/mol. The van der Waals surface area contributed by atoms with Crippen LogP contribution in [-0.2, 0) is 6.54 Å². The van der Waals surface area contributed by atoms with Crippen molar-refractivity contribution in [3.05, 3.63) is 76.4 Å². The predicted molar refractivity (Wildman–Crippen MR) is 118 cm³/mol. The standard InChI is InChI=1S/C23H22N2O4S/c1-2-28-17-9-11-18(12-10-17)29-15-16(26)14-25-23(27)20-7-4-3-6-19(20)22(24-25)21-8-5-13-30-21/h3-13,16,26H,2,14-15H2,1H3/t16-/m0/s1. The number of thiophene rings is 1. The molecule has 30 heavy (non-hydrogen) atoms. The van der Waals surface area contributed by atoms with E-state index in [0.717, 1.165) is 21.7 Å². The first-order valence-electron chi connectivity index (χ1n) is 9.73. The van der Waals surface area contributed by atoms with Crippen LogP contribution in [0.3, 0.4) is 0 Å². The summed E-state index contributed by atoms with van der Waals surface area (Å²) in [6, 6.07) is 18.5. The van der Waals surface area contributed by atoms with E-state index >= 15 is 0 Å². The van der Waals surface area contributed by atoms with Crippen LogP contribution in [0.1, 0.15) is 6.92 Å². The van der Waals surface area contributed by atoms with Crippen LogP contribution in [0.25, 0.3) is 21.3 Å². The molecule has 0 aliphatic rings. The van der Waals surface area contributed by atoms with Crippen LogP contribution in [0.15, 0.2) is 70.8 Å². The highest BCUT2D eigenvalue weighted by Gasteiger charge is 2.15. The molecule has 154 valence electrons. The molecule has 0 unspecified atom stereocenters. The van der Waals surface area contributed by atoms with Crippen molar-refractivity contribution < 1.29 is 14.6 Å². The fourth-order valence-electron chi connectivity index (χ4n) is 3.20.